The molecule has 0 aromatic carbocycles. The Hall–Kier alpha value is -1.98. The molecule has 15 heavy (non-hydrogen) atoms. The summed E-state index contributed by atoms with van der Waals surface area (Å²) in [5, 5.41) is 14.5. The number of hydrogen-bond acceptors (Lipinski definition) is 6. The molecule has 78 valence electrons. The van der Waals surface area contributed by atoms with E-state index >= 15 is 0 Å². The second-order valence-electron chi connectivity index (χ2n) is 3.07. The Kier molecular flexibility index (Phi) is 2.87. The monoisotopic (exact) mass is 205 g/mol. The highest BCUT2D eigenvalue weighted by Gasteiger charge is 1.99. The maximum Gasteiger partial charge on any atom is 0.228 e. The lowest BCUT2D eigenvalue weighted by atomic mass is 10.4. The van der Waals surface area contributed by atoms with Gasteiger partial charge in [-0.15, -0.1) is 5.10 Å². The van der Waals surface area contributed by atoms with Crippen LogP contribution in [-0.2, 0) is 6.42 Å². The van der Waals surface area contributed by atoms with Gasteiger partial charge in [0.25, 0.3) is 0 Å². The van der Waals surface area contributed by atoms with Gasteiger partial charge in [0, 0.05) is 13.0 Å². The maximum atomic E-state index is 4.85. The lowest BCUT2D eigenvalue weighted by Crippen LogP contribution is -2.07. The van der Waals surface area contributed by atoms with Crippen LogP contribution in [0.15, 0.2) is 23.0 Å². The Morgan fingerprint density at radius 3 is 2.93 bits per heavy atom. The van der Waals surface area contributed by atoms with Crippen molar-refractivity contribution in [3.8, 4) is 0 Å². The predicted octanol–water partition coefficient (Wildman–Crippen LogP) is 0.823. The molecule has 0 saturated carbocycles. The Labute approximate surface area is 86.7 Å². The zero-order valence-corrected chi connectivity index (χ0v) is 8.34. The minimum absolute atomic E-state index is 0.613. The van der Waals surface area contributed by atoms with Gasteiger partial charge in [-0.1, -0.05) is 5.16 Å². The Morgan fingerprint density at radius 2 is 2.27 bits per heavy atom. The van der Waals surface area contributed by atoms with Gasteiger partial charge in [0.1, 0.15) is 5.82 Å². The number of hydrogen-bond donors (Lipinski definition) is 1. The lowest BCUT2D eigenvalue weighted by Gasteiger charge is -2.01. The lowest BCUT2D eigenvalue weighted by molar-refractivity contribution is 0.379. The van der Waals surface area contributed by atoms with Crippen molar-refractivity contribution in [2.75, 3.05) is 11.9 Å². The standard InChI is InChI=1S/C9H11N5O/c1-7-2-3-8(14-13-7)10-5-4-9-11-6-12-15-9/h2-3,6H,4-5H2,1H3,(H,10,14). The van der Waals surface area contributed by atoms with Crippen LogP contribution >= 0.6 is 0 Å². The molecule has 0 amide bonds. The number of nitrogens with one attached hydrogen (secondary N) is 1. The van der Waals surface area contributed by atoms with Gasteiger partial charge in [0.15, 0.2) is 6.33 Å². The highest BCUT2D eigenvalue weighted by molar-refractivity contribution is 5.32. The Bertz CT molecular complexity index is 397. The van der Waals surface area contributed by atoms with E-state index in [1.165, 1.54) is 6.33 Å². The molecule has 0 saturated heterocycles. The number of anilines is 1. The molecule has 0 fully saturated rings. The van der Waals surface area contributed by atoms with Gasteiger partial charge in [-0.05, 0) is 19.1 Å². The summed E-state index contributed by atoms with van der Waals surface area (Å²) in [7, 11) is 0. The van der Waals surface area contributed by atoms with Crippen LogP contribution in [0.4, 0.5) is 5.82 Å². The van der Waals surface area contributed by atoms with E-state index in [0.29, 0.717) is 18.9 Å². The average molecular weight is 205 g/mol. The molecule has 0 aliphatic heterocycles. The van der Waals surface area contributed by atoms with Gasteiger partial charge in [-0.25, -0.2) is 0 Å². The SMILES string of the molecule is Cc1ccc(NCCc2ncno2)nn1. The highest BCUT2D eigenvalue weighted by Crippen LogP contribution is 2.01. The van der Waals surface area contributed by atoms with Crippen molar-refractivity contribution in [1.29, 1.82) is 0 Å². The minimum atomic E-state index is 0.613. The van der Waals surface area contributed by atoms with E-state index in [1.54, 1.807) is 0 Å². The normalized spacial score (nSPS) is 10.2. The van der Waals surface area contributed by atoms with Crippen LogP contribution in [-0.4, -0.2) is 26.9 Å². The first-order chi connectivity index (χ1) is 7.34. The molecule has 0 radical (unpaired) electrons. The number of aromatic nitrogens is 4. The summed E-state index contributed by atoms with van der Waals surface area (Å²) in [5.41, 5.74) is 0.900. The molecule has 1 N–H and O–H groups in total. The van der Waals surface area contributed by atoms with Crippen molar-refractivity contribution in [2.45, 2.75) is 13.3 Å². The molecule has 6 nitrogen and oxygen atoms in total. The van der Waals surface area contributed by atoms with E-state index < -0.39 is 0 Å². The van der Waals surface area contributed by atoms with Crippen LogP contribution in [0.3, 0.4) is 0 Å². The van der Waals surface area contributed by atoms with Crippen LogP contribution in [0.25, 0.3) is 0 Å². The second-order valence-corrected chi connectivity index (χ2v) is 3.07. The second kappa shape index (κ2) is 4.50. The van der Waals surface area contributed by atoms with Crippen LogP contribution in [0.5, 0.6) is 0 Å². The van der Waals surface area contributed by atoms with Crippen LogP contribution in [0, 0.1) is 6.92 Å². The van der Waals surface area contributed by atoms with E-state index in [1.807, 2.05) is 19.1 Å². The van der Waals surface area contributed by atoms with Gasteiger partial charge in [0.05, 0.1) is 5.69 Å². The first-order valence-corrected chi connectivity index (χ1v) is 4.64. The molecule has 0 spiro atoms. The van der Waals surface area contributed by atoms with Crippen LogP contribution < -0.4 is 5.32 Å². The smallest absolute Gasteiger partial charge is 0.228 e. The molecule has 2 aromatic rings. The summed E-state index contributed by atoms with van der Waals surface area (Å²) in [4.78, 5) is 3.91. The van der Waals surface area contributed by atoms with Crippen LogP contribution in [0.2, 0.25) is 0 Å². The van der Waals surface area contributed by atoms with E-state index in [-0.39, 0.29) is 0 Å². The first kappa shape index (κ1) is 9.57. The molecular formula is C9H11N5O. The molecule has 0 bridgehead atoms. The van der Waals surface area contributed by atoms with Crippen LogP contribution in [0.1, 0.15) is 11.6 Å². The van der Waals surface area contributed by atoms with E-state index in [0.717, 1.165) is 11.5 Å². The first-order valence-electron chi connectivity index (χ1n) is 4.64. The summed E-state index contributed by atoms with van der Waals surface area (Å²) in [6.45, 7) is 2.59. The summed E-state index contributed by atoms with van der Waals surface area (Å²) < 4.78 is 4.85. The molecule has 2 aromatic heterocycles. The molecule has 0 aliphatic carbocycles. The third-order valence-electron chi connectivity index (χ3n) is 1.85. The molecular weight excluding hydrogens is 194 g/mol. The van der Waals surface area contributed by atoms with Gasteiger partial charge < -0.3 is 9.84 Å². The predicted molar refractivity (Wildman–Crippen MR) is 53.3 cm³/mol. The van der Waals surface area contributed by atoms with Crippen molar-refractivity contribution in [3.05, 3.63) is 30.0 Å². The molecule has 2 rings (SSSR count). The van der Waals surface area contributed by atoms with Gasteiger partial charge in [-0.2, -0.15) is 10.1 Å². The third kappa shape index (κ3) is 2.73. The molecule has 6 heteroatoms. The van der Waals surface area contributed by atoms with Crippen molar-refractivity contribution >= 4 is 5.82 Å². The third-order valence-corrected chi connectivity index (χ3v) is 1.85. The topological polar surface area (TPSA) is 76.7 Å². The zero-order valence-electron chi connectivity index (χ0n) is 8.34. The zero-order chi connectivity index (χ0) is 10.5. The quantitative estimate of drug-likeness (QED) is 0.796. The number of nitrogens with zero attached hydrogens (tertiary/aromatic N) is 4. The Balaban J connectivity index is 1.81. The van der Waals surface area contributed by atoms with Crippen molar-refractivity contribution in [1.82, 2.24) is 20.3 Å². The fourth-order valence-electron chi connectivity index (χ4n) is 1.10. The number of aryl methyl sites for hydroxylation is 1. The number of rotatable bonds is 4. The molecule has 2 heterocycles. The molecule has 0 atom stereocenters. The van der Waals surface area contributed by atoms with E-state index in [9.17, 15) is 0 Å². The van der Waals surface area contributed by atoms with Gasteiger partial charge in [-0.3, -0.25) is 0 Å². The largest absolute Gasteiger partial charge is 0.368 e. The summed E-state index contributed by atoms with van der Waals surface area (Å²) in [5.74, 6) is 1.36. The van der Waals surface area contributed by atoms with E-state index in [2.05, 4.69) is 25.7 Å². The summed E-state index contributed by atoms with van der Waals surface area (Å²) in [6.07, 6.45) is 2.07. The van der Waals surface area contributed by atoms with Gasteiger partial charge >= 0.3 is 0 Å². The maximum absolute atomic E-state index is 4.85. The van der Waals surface area contributed by atoms with Crippen molar-refractivity contribution in [3.63, 3.8) is 0 Å². The van der Waals surface area contributed by atoms with E-state index in [4.69, 9.17) is 4.52 Å². The molecule has 0 aliphatic rings. The Morgan fingerprint density at radius 1 is 1.33 bits per heavy atom. The van der Waals surface area contributed by atoms with Crippen molar-refractivity contribution in [2.24, 2.45) is 0 Å². The van der Waals surface area contributed by atoms with Crippen molar-refractivity contribution < 1.29 is 4.52 Å². The summed E-state index contributed by atoms with van der Waals surface area (Å²) in [6, 6.07) is 3.79. The fraction of sp³-hybridized carbons (Fsp3) is 0.333. The molecule has 0 unspecified atom stereocenters. The summed E-state index contributed by atoms with van der Waals surface area (Å²) >= 11 is 0. The minimum Gasteiger partial charge on any atom is -0.368 e. The van der Waals surface area contributed by atoms with Gasteiger partial charge in [0.2, 0.25) is 5.89 Å². The fourth-order valence-corrected chi connectivity index (χ4v) is 1.10. The average Bonchev–Trinajstić information content (AvgIpc) is 2.74. The highest BCUT2D eigenvalue weighted by atomic mass is 16.5.